The molecule has 0 radical (unpaired) electrons. The molecule has 10 heavy (non-hydrogen) atoms. The van der Waals surface area contributed by atoms with Gasteiger partial charge in [-0.2, -0.15) is 5.90 Å². The van der Waals surface area contributed by atoms with Gasteiger partial charge in [0, 0.05) is 6.20 Å². The smallest absolute Gasteiger partial charge is 0.259 e. The van der Waals surface area contributed by atoms with Crippen molar-refractivity contribution in [2.45, 2.75) is 0 Å². The van der Waals surface area contributed by atoms with E-state index in [-0.39, 0.29) is 0 Å². The highest BCUT2D eigenvalue weighted by Gasteiger charge is 2.00. The number of nitrogens with two attached hydrogens (primary N) is 1. The van der Waals surface area contributed by atoms with Crippen molar-refractivity contribution in [3.63, 3.8) is 0 Å². The molecule has 0 bridgehead atoms. The number of hydrogen-bond donors (Lipinski definition) is 1. The van der Waals surface area contributed by atoms with E-state index in [0.29, 0.717) is 11.6 Å². The van der Waals surface area contributed by atoms with Crippen molar-refractivity contribution in [2.24, 2.45) is 5.90 Å². The van der Waals surface area contributed by atoms with Crippen LogP contribution in [0, 0.1) is 0 Å². The molecule has 2 N–H and O–H groups in total. The maximum atomic E-state index is 4.91. The molecule has 0 aliphatic rings. The first-order chi connectivity index (χ1) is 4.88. The summed E-state index contributed by atoms with van der Waals surface area (Å²) < 4.78 is 4.82. The molecule has 0 amide bonds. The quantitative estimate of drug-likeness (QED) is 0.602. The summed E-state index contributed by atoms with van der Waals surface area (Å²) in [5, 5.41) is 0. The molecule has 1 heterocycles. The first-order valence-corrected chi connectivity index (χ1v) is 2.74. The van der Waals surface area contributed by atoms with Gasteiger partial charge in [-0.1, -0.05) is 0 Å². The molecular formula is C6H8N2O2. The number of ether oxygens (including phenoxy) is 1. The molecule has 54 valence electrons. The van der Waals surface area contributed by atoms with E-state index in [1.54, 1.807) is 18.3 Å². The van der Waals surface area contributed by atoms with Crippen LogP contribution in [0.15, 0.2) is 18.3 Å². The summed E-state index contributed by atoms with van der Waals surface area (Å²) in [6.07, 6.45) is 1.60. The fourth-order valence-electron chi connectivity index (χ4n) is 0.619. The molecule has 0 saturated heterocycles. The normalized spacial score (nSPS) is 9.00. The predicted octanol–water partition coefficient (Wildman–Crippen LogP) is 0.343. The predicted molar refractivity (Wildman–Crippen MR) is 35.6 cm³/mol. The van der Waals surface area contributed by atoms with E-state index in [1.807, 2.05) is 0 Å². The van der Waals surface area contributed by atoms with Crippen LogP contribution in [0.25, 0.3) is 0 Å². The number of nitrogens with zero attached hydrogens (tertiary/aromatic N) is 1. The zero-order valence-corrected chi connectivity index (χ0v) is 5.57. The highest BCUT2D eigenvalue weighted by Crippen LogP contribution is 2.20. The molecule has 4 heteroatoms. The minimum Gasteiger partial charge on any atom is -0.478 e. The van der Waals surface area contributed by atoms with Gasteiger partial charge in [0.2, 0.25) is 5.75 Å². The minimum atomic E-state index is 0.394. The van der Waals surface area contributed by atoms with Gasteiger partial charge < -0.3 is 9.57 Å². The zero-order chi connectivity index (χ0) is 7.40. The van der Waals surface area contributed by atoms with Gasteiger partial charge in [-0.3, -0.25) is 0 Å². The lowest BCUT2D eigenvalue weighted by atomic mass is 10.4. The van der Waals surface area contributed by atoms with Gasteiger partial charge in [-0.15, -0.1) is 0 Å². The fourth-order valence-corrected chi connectivity index (χ4v) is 0.619. The zero-order valence-electron chi connectivity index (χ0n) is 5.57. The highest BCUT2D eigenvalue weighted by atomic mass is 16.6. The van der Waals surface area contributed by atoms with Crippen molar-refractivity contribution in [3.8, 4) is 11.6 Å². The molecule has 4 nitrogen and oxygen atoms in total. The number of pyridine rings is 1. The van der Waals surface area contributed by atoms with Crippen LogP contribution in [-0.2, 0) is 0 Å². The Morgan fingerprint density at radius 2 is 2.40 bits per heavy atom. The van der Waals surface area contributed by atoms with E-state index < -0.39 is 0 Å². The van der Waals surface area contributed by atoms with Gasteiger partial charge in [0.15, 0.2) is 0 Å². The number of methoxy groups -OCH3 is 1. The maximum Gasteiger partial charge on any atom is 0.259 e. The molecule has 0 atom stereocenters. The summed E-state index contributed by atoms with van der Waals surface area (Å²) in [5.41, 5.74) is 0. The Kier molecular flexibility index (Phi) is 2.07. The molecule has 1 rings (SSSR count). The van der Waals surface area contributed by atoms with Crippen molar-refractivity contribution in [3.05, 3.63) is 18.3 Å². The third-order valence-corrected chi connectivity index (χ3v) is 1.06. The summed E-state index contributed by atoms with van der Waals surface area (Å²) in [5.74, 6) is 5.73. The van der Waals surface area contributed by atoms with Gasteiger partial charge in [-0.25, -0.2) is 4.98 Å². The van der Waals surface area contributed by atoms with Crippen LogP contribution in [0.5, 0.6) is 11.6 Å². The summed E-state index contributed by atoms with van der Waals surface area (Å²) >= 11 is 0. The standard InChI is InChI=1S/C6H8N2O2/c1-9-6-5(10-7)3-2-4-8-6/h2-4H,7H2,1H3. The van der Waals surface area contributed by atoms with Gasteiger partial charge in [0.05, 0.1) is 7.11 Å². The van der Waals surface area contributed by atoms with E-state index in [4.69, 9.17) is 10.6 Å². The second-order valence-electron chi connectivity index (χ2n) is 1.63. The van der Waals surface area contributed by atoms with Crippen LogP contribution in [0.3, 0.4) is 0 Å². The van der Waals surface area contributed by atoms with E-state index in [9.17, 15) is 0 Å². The minimum absolute atomic E-state index is 0.394. The van der Waals surface area contributed by atoms with E-state index in [1.165, 1.54) is 7.11 Å². The van der Waals surface area contributed by atoms with Crippen molar-refractivity contribution in [1.82, 2.24) is 4.98 Å². The van der Waals surface area contributed by atoms with Crippen LogP contribution >= 0.6 is 0 Å². The molecule has 0 saturated carbocycles. The number of aromatic nitrogens is 1. The van der Waals surface area contributed by atoms with Crippen LogP contribution in [0.1, 0.15) is 0 Å². The molecular weight excluding hydrogens is 132 g/mol. The Morgan fingerprint density at radius 3 is 2.90 bits per heavy atom. The molecule has 0 unspecified atom stereocenters. The van der Waals surface area contributed by atoms with Crippen molar-refractivity contribution < 1.29 is 9.57 Å². The van der Waals surface area contributed by atoms with Gasteiger partial charge >= 0.3 is 0 Å². The van der Waals surface area contributed by atoms with Gasteiger partial charge in [0.25, 0.3) is 5.88 Å². The lowest BCUT2D eigenvalue weighted by molar-refractivity contribution is 0.299. The molecule has 0 fully saturated rings. The monoisotopic (exact) mass is 140 g/mol. The Hall–Kier alpha value is -1.29. The van der Waals surface area contributed by atoms with Gasteiger partial charge in [0.1, 0.15) is 0 Å². The number of rotatable bonds is 2. The third-order valence-electron chi connectivity index (χ3n) is 1.06. The second-order valence-corrected chi connectivity index (χ2v) is 1.63. The first-order valence-electron chi connectivity index (χ1n) is 2.74. The SMILES string of the molecule is COc1ncccc1ON. The van der Waals surface area contributed by atoms with E-state index in [0.717, 1.165) is 0 Å². The van der Waals surface area contributed by atoms with E-state index in [2.05, 4.69) is 9.82 Å². The van der Waals surface area contributed by atoms with E-state index >= 15 is 0 Å². The lowest BCUT2D eigenvalue weighted by Gasteiger charge is -2.02. The molecule has 1 aromatic heterocycles. The highest BCUT2D eigenvalue weighted by molar-refractivity contribution is 5.31. The summed E-state index contributed by atoms with van der Waals surface area (Å²) in [7, 11) is 1.50. The topological polar surface area (TPSA) is 57.4 Å². The molecule has 1 aromatic rings. The first kappa shape index (κ1) is 6.82. The Labute approximate surface area is 58.5 Å². The summed E-state index contributed by atoms with van der Waals surface area (Å²) in [4.78, 5) is 8.29. The number of hydrogen-bond acceptors (Lipinski definition) is 4. The molecule has 0 aliphatic heterocycles. The van der Waals surface area contributed by atoms with Crippen molar-refractivity contribution >= 4 is 0 Å². The third kappa shape index (κ3) is 1.16. The van der Waals surface area contributed by atoms with Crippen LogP contribution in [-0.4, -0.2) is 12.1 Å². The second kappa shape index (κ2) is 3.03. The molecule has 0 spiro atoms. The Morgan fingerprint density at radius 1 is 1.60 bits per heavy atom. The van der Waals surface area contributed by atoms with Gasteiger partial charge in [-0.05, 0) is 12.1 Å². The summed E-state index contributed by atoms with van der Waals surface area (Å²) in [6, 6.07) is 3.39. The van der Waals surface area contributed by atoms with Crippen LogP contribution in [0.4, 0.5) is 0 Å². The fraction of sp³-hybridized carbons (Fsp3) is 0.167. The van der Waals surface area contributed by atoms with Crippen LogP contribution in [0.2, 0.25) is 0 Å². The Bertz CT molecular complexity index is 192. The average Bonchev–Trinajstić information content (AvgIpc) is 2.04. The van der Waals surface area contributed by atoms with Crippen molar-refractivity contribution in [1.29, 1.82) is 0 Å². The summed E-state index contributed by atoms with van der Waals surface area (Å²) in [6.45, 7) is 0. The Balaban J connectivity index is 2.96. The molecule has 0 aliphatic carbocycles. The van der Waals surface area contributed by atoms with Crippen molar-refractivity contribution in [2.75, 3.05) is 7.11 Å². The largest absolute Gasteiger partial charge is 0.478 e. The maximum absolute atomic E-state index is 4.91. The van der Waals surface area contributed by atoms with Crippen LogP contribution < -0.4 is 15.5 Å². The lowest BCUT2D eigenvalue weighted by Crippen LogP contribution is -2.03. The average molecular weight is 140 g/mol. The molecule has 0 aromatic carbocycles.